The number of carbonyl (C=O) groups excluding carboxylic acids is 1. The maximum Gasteiger partial charge on any atom is 0.254 e. The van der Waals surface area contributed by atoms with Crippen LogP contribution in [0.5, 0.6) is 0 Å². The van der Waals surface area contributed by atoms with Crippen LogP contribution in [0.25, 0.3) is 0 Å². The molecule has 0 spiro atoms. The Morgan fingerprint density at radius 1 is 1.48 bits per heavy atom. The van der Waals surface area contributed by atoms with Gasteiger partial charge < -0.3 is 10.6 Å². The second-order valence-electron chi connectivity index (χ2n) is 5.25. The molecule has 0 saturated heterocycles. The summed E-state index contributed by atoms with van der Waals surface area (Å²) in [7, 11) is 0. The lowest BCUT2D eigenvalue weighted by atomic mass is 9.94. The molecule has 2 heterocycles. The summed E-state index contributed by atoms with van der Waals surface area (Å²) in [5.41, 5.74) is 3.27. The van der Waals surface area contributed by atoms with Gasteiger partial charge in [0.2, 0.25) is 0 Å². The fourth-order valence-corrected chi connectivity index (χ4v) is 2.73. The summed E-state index contributed by atoms with van der Waals surface area (Å²) < 4.78 is 1.75. The summed E-state index contributed by atoms with van der Waals surface area (Å²) in [5.74, 6) is -0.0699. The molecule has 2 aromatic rings. The molecule has 1 unspecified atom stereocenters. The van der Waals surface area contributed by atoms with Gasteiger partial charge in [-0.2, -0.15) is 5.10 Å². The highest BCUT2D eigenvalue weighted by Crippen LogP contribution is 2.21. The average Bonchev–Trinajstić information content (AvgIpc) is 3.01. The van der Waals surface area contributed by atoms with Gasteiger partial charge in [-0.25, -0.2) is 0 Å². The van der Waals surface area contributed by atoms with E-state index in [1.54, 1.807) is 17.1 Å². The van der Waals surface area contributed by atoms with E-state index in [1.165, 1.54) is 11.1 Å². The van der Waals surface area contributed by atoms with Crippen molar-refractivity contribution in [2.45, 2.75) is 25.9 Å². The van der Waals surface area contributed by atoms with Crippen LogP contribution in [0.4, 0.5) is 0 Å². The van der Waals surface area contributed by atoms with Crippen LogP contribution < -0.4 is 10.6 Å². The minimum Gasteiger partial charge on any atom is -0.350 e. The number of amides is 1. The maximum atomic E-state index is 12.1. The van der Waals surface area contributed by atoms with E-state index >= 15 is 0 Å². The van der Waals surface area contributed by atoms with Gasteiger partial charge in [0.15, 0.2) is 0 Å². The van der Waals surface area contributed by atoms with Crippen molar-refractivity contribution >= 4 is 5.91 Å². The molecule has 0 radical (unpaired) electrons. The molecule has 0 aliphatic carbocycles. The third kappa shape index (κ3) is 2.97. The molecule has 21 heavy (non-hydrogen) atoms. The van der Waals surface area contributed by atoms with Crippen LogP contribution in [0.1, 0.15) is 34.5 Å². The number of carbonyl (C=O) groups is 1. The topological polar surface area (TPSA) is 59.0 Å². The number of fused-ring (bicyclic) bond motifs is 1. The van der Waals surface area contributed by atoms with Gasteiger partial charge in [0.25, 0.3) is 5.91 Å². The third-order valence-electron chi connectivity index (χ3n) is 3.90. The van der Waals surface area contributed by atoms with Gasteiger partial charge in [-0.3, -0.25) is 9.48 Å². The van der Waals surface area contributed by atoms with E-state index in [9.17, 15) is 4.79 Å². The summed E-state index contributed by atoms with van der Waals surface area (Å²) in [6.45, 7) is 4.31. The van der Waals surface area contributed by atoms with Gasteiger partial charge in [-0.05, 0) is 31.0 Å². The van der Waals surface area contributed by atoms with Crippen molar-refractivity contribution in [3.8, 4) is 0 Å². The van der Waals surface area contributed by atoms with Crippen LogP contribution in [0, 0.1) is 0 Å². The first-order chi connectivity index (χ1) is 10.3. The molecular weight excluding hydrogens is 264 g/mol. The van der Waals surface area contributed by atoms with Crippen molar-refractivity contribution in [3.05, 3.63) is 53.3 Å². The molecule has 0 bridgehead atoms. The molecule has 2 N–H and O–H groups in total. The highest BCUT2D eigenvalue weighted by atomic mass is 16.1. The molecule has 0 fully saturated rings. The van der Waals surface area contributed by atoms with Crippen LogP contribution >= 0.6 is 0 Å². The van der Waals surface area contributed by atoms with Crippen molar-refractivity contribution < 1.29 is 4.79 Å². The largest absolute Gasteiger partial charge is 0.350 e. The molecule has 1 aliphatic rings. The van der Waals surface area contributed by atoms with E-state index in [0.29, 0.717) is 12.1 Å². The van der Waals surface area contributed by atoms with Crippen LogP contribution in [0.2, 0.25) is 0 Å². The Morgan fingerprint density at radius 2 is 2.33 bits per heavy atom. The quantitative estimate of drug-likeness (QED) is 0.895. The zero-order chi connectivity index (χ0) is 14.7. The van der Waals surface area contributed by atoms with E-state index in [0.717, 1.165) is 19.5 Å². The lowest BCUT2D eigenvalue weighted by Crippen LogP contribution is -2.38. The van der Waals surface area contributed by atoms with Crippen LogP contribution in [-0.2, 0) is 13.0 Å². The summed E-state index contributed by atoms with van der Waals surface area (Å²) in [5, 5.41) is 10.6. The summed E-state index contributed by atoms with van der Waals surface area (Å²) >= 11 is 0. The number of benzene rings is 1. The highest BCUT2D eigenvalue weighted by Gasteiger charge is 2.20. The average molecular weight is 284 g/mol. The Hall–Kier alpha value is -2.14. The van der Waals surface area contributed by atoms with Crippen LogP contribution in [-0.4, -0.2) is 28.8 Å². The van der Waals surface area contributed by atoms with E-state index in [1.807, 2.05) is 13.0 Å². The van der Waals surface area contributed by atoms with Crippen molar-refractivity contribution in [2.75, 3.05) is 13.1 Å². The molecule has 5 nitrogen and oxygen atoms in total. The Balaban J connectivity index is 1.64. The molecule has 1 aliphatic heterocycles. The Morgan fingerprint density at radius 3 is 3.14 bits per heavy atom. The summed E-state index contributed by atoms with van der Waals surface area (Å²) in [6, 6.07) is 8.59. The van der Waals surface area contributed by atoms with Crippen molar-refractivity contribution in [1.82, 2.24) is 20.4 Å². The van der Waals surface area contributed by atoms with Gasteiger partial charge in [-0.15, -0.1) is 0 Å². The van der Waals surface area contributed by atoms with Gasteiger partial charge in [0.1, 0.15) is 0 Å². The third-order valence-corrected chi connectivity index (χ3v) is 3.90. The smallest absolute Gasteiger partial charge is 0.254 e. The number of rotatable bonds is 4. The Bertz CT molecular complexity index is 635. The molecule has 1 aromatic heterocycles. The normalized spacial score (nSPS) is 17.3. The lowest BCUT2D eigenvalue weighted by Gasteiger charge is -2.27. The summed E-state index contributed by atoms with van der Waals surface area (Å²) in [4.78, 5) is 12.1. The number of aryl methyl sites for hydroxylation is 1. The first kappa shape index (κ1) is 13.8. The maximum absolute atomic E-state index is 12.1. The fourth-order valence-electron chi connectivity index (χ4n) is 2.73. The number of hydrogen-bond acceptors (Lipinski definition) is 3. The van der Waals surface area contributed by atoms with Gasteiger partial charge in [0.05, 0.1) is 11.8 Å². The number of aromatic nitrogens is 2. The molecule has 5 heteroatoms. The van der Waals surface area contributed by atoms with E-state index in [-0.39, 0.29) is 11.9 Å². The van der Waals surface area contributed by atoms with Gasteiger partial charge >= 0.3 is 0 Å². The Labute approximate surface area is 124 Å². The molecule has 1 atom stereocenters. The Kier molecular flexibility index (Phi) is 4.01. The summed E-state index contributed by atoms with van der Waals surface area (Å²) in [6.07, 6.45) is 4.43. The fraction of sp³-hybridized carbons (Fsp3) is 0.375. The zero-order valence-electron chi connectivity index (χ0n) is 12.2. The monoisotopic (exact) mass is 284 g/mol. The SMILES string of the molecule is CCn1cc(C(=O)NCC2NCCc3ccccc32)cn1. The first-order valence-corrected chi connectivity index (χ1v) is 7.39. The predicted octanol–water partition coefficient (Wildman–Crippen LogP) is 1.52. The standard InChI is InChI=1S/C16H20N4O/c1-2-20-11-13(9-19-20)16(21)18-10-15-14-6-4-3-5-12(14)7-8-17-15/h3-6,9,11,15,17H,2,7-8,10H2,1H3,(H,18,21). The zero-order valence-corrected chi connectivity index (χ0v) is 12.2. The van der Waals surface area contributed by atoms with Crippen LogP contribution in [0.3, 0.4) is 0 Å². The lowest BCUT2D eigenvalue weighted by molar-refractivity contribution is 0.0949. The number of nitrogens with zero attached hydrogens (tertiary/aromatic N) is 2. The molecule has 0 saturated carbocycles. The predicted molar refractivity (Wildman–Crippen MR) is 81.1 cm³/mol. The molecule has 110 valence electrons. The van der Waals surface area contributed by atoms with Crippen molar-refractivity contribution in [1.29, 1.82) is 0 Å². The minimum atomic E-state index is -0.0699. The molecular formula is C16H20N4O. The van der Waals surface area contributed by atoms with E-state index < -0.39 is 0 Å². The van der Waals surface area contributed by atoms with Crippen LogP contribution in [0.15, 0.2) is 36.7 Å². The van der Waals surface area contributed by atoms with E-state index in [2.05, 4.69) is 33.9 Å². The molecule has 1 aromatic carbocycles. The van der Waals surface area contributed by atoms with Crippen molar-refractivity contribution in [3.63, 3.8) is 0 Å². The van der Waals surface area contributed by atoms with Crippen molar-refractivity contribution in [2.24, 2.45) is 0 Å². The van der Waals surface area contributed by atoms with E-state index in [4.69, 9.17) is 0 Å². The number of hydrogen-bond donors (Lipinski definition) is 2. The second kappa shape index (κ2) is 6.10. The highest BCUT2D eigenvalue weighted by molar-refractivity contribution is 5.93. The second-order valence-corrected chi connectivity index (χ2v) is 5.25. The molecule has 1 amide bonds. The van der Waals surface area contributed by atoms with Gasteiger partial charge in [0, 0.05) is 25.3 Å². The minimum absolute atomic E-state index is 0.0699. The molecule has 3 rings (SSSR count). The first-order valence-electron chi connectivity index (χ1n) is 7.39. The number of nitrogens with one attached hydrogen (secondary N) is 2. The van der Waals surface area contributed by atoms with Gasteiger partial charge in [-0.1, -0.05) is 24.3 Å².